The van der Waals surface area contributed by atoms with Crippen LogP contribution in [-0.2, 0) is 21.4 Å². The summed E-state index contributed by atoms with van der Waals surface area (Å²) in [4.78, 5) is 73.4. The summed E-state index contributed by atoms with van der Waals surface area (Å²) in [6.07, 6.45) is 6.52. The summed E-state index contributed by atoms with van der Waals surface area (Å²) in [5.74, 6) is 3.03. The van der Waals surface area contributed by atoms with E-state index in [1.54, 1.807) is 43.7 Å². The van der Waals surface area contributed by atoms with Gasteiger partial charge in [0.05, 0.1) is 51.0 Å². The second kappa shape index (κ2) is 40.0. The monoisotopic (exact) mass is 1620 g/mol. The van der Waals surface area contributed by atoms with Gasteiger partial charge in [0, 0.05) is 137 Å². The second-order valence-corrected chi connectivity index (χ2v) is 28.4. The first kappa shape index (κ1) is 91.4. The molecule has 116 heavy (non-hydrogen) atoms. The fourth-order valence-electron chi connectivity index (χ4n) is 12.7. The van der Waals surface area contributed by atoms with Gasteiger partial charge in [0.15, 0.2) is 5.82 Å². The number of nitrogens with one attached hydrogen (secondary N) is 2. The van der Waals surface area contributed by atoms with Crippen molar-refractivity contribution >= 4 is 182 Å². The molecule has 6 aromatic carbocycles. The van der Waals surface area contributed by atoms with Gasteiger partial charge in [-0.3, -0.25) is 19.4 Å². The van der Waals surface area contributed by atoms with E-state index in [2.05, 4.69) is 160 Å². The molecule has 6 N–H and O–H groups in total. The maximum Gasteiger partial charge on any atom is 0.229 e. The number of carbonyl (C=O) groups is 2. The number of hydrogen-bond acceptors (Lipinski definition) is 24. The van der Waals surface area contributed by atoms with Crippen molar-refractivity contribution in [3.05, 3.63) is 210 Å². The predicted molar refractivity (Wildman–Crippen MR) is 473 cm³/mol. The third-order valence-corrected chi connectivity index (χ3v) is 19.6. The third-order valence-electron chi connectivity index (χ3n) is 19.1. The minimum absolute atomic E-state index is 0. The molecule has 28 nitrogen and oxygen atoms in total. The molecule has 14 rings (SSSR count). The number of fused-ring (bicyclic) bond motifs is 4. The second-order valence-electron chi connectivity index (χ2n) is 27.4. The zero-order valence-electron chi connectivity index (χ0n) is 68.7. The number of hydrogen-bond donors (Lipinski definition) is 4. The number of nitrogens with two attached hydrogens (primary N) is 2. The maximum absolute atomic E-state index is 11.8. The molecule has 8 aromatic heterocycles. The van der Waals surface area contributed by atoms with Gasteiger partial charge in [0.25, 0.3) is 0 Å². The number of aromatic amines is 1. The zero-order chi connectivity index (χ0) is 83.4. The number of carbonyl (C=O) groups excluding carboxylic acids is 2. The smallest absolute Gasteiger partial charge is 0.229 e. The van der Waals surface area contributed by atoms with Gasteiger partial charge in [-0.15, -0.1) is 0 Å². The van der Waals surface area contributed by atoms with Crippen molar-refractivity contribution in [2.24, 2.45) is 7.05 Å². The molecular formula is C82H97B3Cl3N23O5. The zero-order valence-corrected chi connectivity index (χ0v) is 71.0. The number of H-pyrrole nitrogens is 1. The van der Waals surface area contributed by atoms with E-state index < -0.39 is 0 Å². The van der Waals surface area contributed by atoms with Gasteiger partial charge < -0.3 is 36.4 Å². The number of anilines is 12. The molecule has 0 saturated heterocycles. The average Bonchev–Trinajstić information content (AvgIpc) is 1.58. The van der Waals surface area contributed by atoms with E-state index in [0.717, 1.165) is 134 Å². The summed E-state index contributed by atoms with van der Waals surface area (Å²) < 4.78 is 14.2. The fourth-order valence-corrected chi connectivity index (χ4v) is 13.1. The van der Waals surface area contributed by atoms with E-state index >= 15 is 0 Å². The quantitative estimate of drug-likeness (QED) is 0.0196. The number of halogens is 3. The van der Waals surface area contributed by atoms with E-state index in [1.165, 1.54) is 58.5 Å². The van der Waals surface area contributed by atoms with Crippen LogP contribution in [0.2, 0.25) is 22.7 Å². The Morgan fingerprint density at radius 2 is 0.905 bits per heavy atom. The number of rotatable bonds is 14. The minimum Gasteiger partial charge on any atom is -0.399 e. The summed E-state index contributed by atoms with van der Waals surface area (Å²) in [6.45, 7) is 33.2. The maximum atomic E-state index is 11.8. The Hall–Kier alpha value is -11.8. The molecule has 600 valence electrons. The van der Waals surface area contributed by atoms with E-state index in [4.69, 9.17) is 51.3 Å². The van der Waals surface area contributed by atoms with Crippen LogP contribution in [0.4, 0.5) is 69.0 Å². The molecule has 0 fully saturated rings. The van der Waals surface area contributed by atoms with Gasteiger partial charge in [-0.2, -0.15) is 34.7 Å². The summed E-state index contributed by atoms with van der Waals surface area (Å²) >= 11 is 17.6. The first-order valence-corrected chi connectivity index (χ1v) is 37.3. The van der Waals surface area contributed by atoms with Crippen molar-refractivity contribution in [3.8, 4) is 0 Å². The van der Waals surface area contributed by atoms with Crippen LogP contribution in [0.15, 0.2) is 116 Å². The summed E-state index contributed by atoms with van der Waals surface area (Å²) in [5, 5.41) is 28.7. The van der Waals surface area contributed by atoms with Crippen LogP contribution in [0.5, 0.6) is 0 Å². The van der Waals surface area contributed by atoms with Gasteiger partial charge in [0.1, 0.15) is 17.5 Å². The Morgan fingerprint density at radius 1 is 0.500 bits per heavy atom. The van der Waals surface area contributed by atoms with Crippen LogP contribution < -0.4 is 36.4 Å². The Morgan fingerprint density at radius 3 is 1.34 bits per heavy atom. The molecule has 0 unspecified atom stereocenters. The first-order chi connectivity index (χ1) is 54.0. The van der Waals surface area contributed by atoms with Crippen molar-refractivity contribution in [1.82, 2.24) is 79.4 Å². The van der Waals surface area contributed by atoms with Crippen molar-refractivity contribution in [2.45, 2.75) is 125 Å². The third kappa shape index (κ3) is 21.6. The molecule has 0 atom stereocenters. The Balaban J connectivity index is 0.000000201. The largest absolute Gasteiger partial charge is 0.399 e. The summed E-state index contributed by atoms with van der Waals surface area (Å²) in [6, 6.07) is 30.2. The van der Waals surface area contributed by atoms with E-state index in [1.807, 2.05) is 150 Å². The van der Waals surface area contributed by atoms with E-state index in [0.29, 0.717) is 36.2 Å². The molecule has 0 bridgehead atoms. The fraction of sp³-hybridized carbons (Fsp3) is 0.293. The van der Waals surface area contributed by atoms with Crippen LogP contribution in [0.3, 0.4) is 0 Å². The van der Waals surface area contributed by atoms with E-state index in [-0.39, 0.29) is 50.0 Å². The molecule has 34 heteroatoms. The van der Waals surface area contributed by atoms with Crippen LogP contribution in [-0.4, -0.2) is 149 Å². The Labute approximate surface area is 694 Å². The van der Waals surface area contributed by atoms with Crippen LogP contribution >= 0.6 is 34.8 Å². The van der Waals surface area contributed by atoms with Crippen LogP contribution in [0.25, 0.3) is 43.6 Å². The molecular weight excluding hydrogens is 1530 g/mol. The number of benzene rings is 6. The topological polar surface area (TPSA) is 332 Å². The number of aryl methyl sites for hydroxylation is 15. The summed E-state index contributed by atoms with van der Waals surface area (Å²) in [7, 11) is 11.6. The molecule has 8 heterocycles. The standard InChI is InChI=1S/C24H29N7.2C16H16ClN5O.C14H14ClN5.C9H13N.C2H5B2O3.CH4.B/c1-13-8-15(3)20(10-14(13)2)27-24-26-12-19(25)23(28-24)30(6)21-11-22-18(9-16(21)4)17(5)29-31(22)7;2*1-9-7-12-10(2)20-22(11(3)23)14(12)8-13(9)21(4)15-5-6-18-16(17)19-15;1-8-6-10-9(2)18-19-11(10)7-12(8)20(3)13-4-5-16-14(15)17-13;1-6-4-8(3)9(10)5-7(6)2;1-3-7-6-2-4-5;;/h8-12H,25H2,1-7H3,(H,26,27,28);2*5-8H,1-4H3;4-7H,1-3H3,(H,18,19);4-5H,10H2,1-3H3;2H2,1H3;1H4;. The predicted octanol–water partition coefficient (Wildman–Crippen LogP) is 17.5. The molecule has 0 aliphatic heterocycles. The number of aromatic nitrogens is 16. The molecule has 0 saturated carbocycles. The first-order valence-electron chi connectivity index (χ1n) is 36.1. The summed E-state index contributed by atoms with van der Waals surface area (Å²) in [5.41, 5.74) is 37.4. The van der Waals surface area contributed by atoms with Crippen molar-refractivity contribution in [1.29, 1.82) is 0 Å². The number of nitrogen functional groups attached to an aromatic ring is 2. The van der Waals surface area contributed by atoms with Gasteiger partial charge in [-0.25, -0.2) is 34.9 Å². The van der Waals surface area contributed by atoms with Gasteiger partial charge >= 0.3 is 42.4 Å². The average molecular weight is 1620 g/mol. The van der Waals surface area contributed by atoms with Crippen LogP contribution in [0, 0.1) is 96.9 Å². The number of nitrogens with zero attached hydrogens (tertiary/aromatic N) is 19. The van der Waals surface area contributed by atoms with E-state index in [9.17, 15) is 14.3 Å². The van der Waals surface area contributed by atoms with Gasteiger partial charge in [0.2, 0.25) is 33.6 Å². The van der Waals surface area contributed by atoms with Crippen molar-refractivity contribution in [3.63, 3.8) is 0 Å². The Bertz CT molecular complexity index is 5690. The van der Waals surface area contributed by atoms with Crippen molar-refractivity contribution in [2.75, 3.05) is 71.1 Å². The van der Waals surface area contributed by atoms with Gasteiger partial charge in [-0.1, -0.05) is 19.6 Å². The van der Waals surface area contributed by atoms with Crippen LogP contribution in [0.1, 0.15) is 109 Å². The Kier molecular flexibility index (Phi) is 31.5. The SMILES string of the molecule is C.CC(=O)n1nc(C)c2cc(C)c(N(C)c3ccnc(Cl)n3)cc21.CC(=O)n1nc(C)c2cc(C)c(N(C)c3ccnc(Cl)n3)cc21.C[B]OOCB=O.Cc1cc(C)c(N)cc1C.Cc1cc(C)c(Nc2ncc(N)c(N(C)c3cc4c(cc3C)c(C)nn4C)n2)cc1C.Cc1cc2c(C)[nH]nc2cc1N(C)c1ccnc(Cl)n1.[B]. The van der Waals surface area contributed by atoms with Crippen molar-refractivity contribution < 1.29 is 24.0 Å². The molecule has 0 aliphatic rings. The minimum atomic E-state index is -0.120. The molecule has 14 aromatic rings. The molecule has 4 radical (unpaired) electrons. The molecule has 0 amide bonds. The molecule has 0 spiro atoms. The normalized spacial score (nSPS) is 10.6. The molecule has 0 aliphatic carbocycles. The van der Waals surface area contributed by atoms with Gasteiger partial charge in [-0.05, 0) is 266 Å².